The highest BCUT2D eigenvalue weighted by Gasteiger charge is 2.48. The maximum Gasteiger partial charge on any atom is 0.447 e. The van der Waals surface area contributed by atoms with Gasteiger partial charge in [0.1, 0.15) is 5.82 Å². The third-order valence-electron chi connectivity index (χ3n) is 7.80. The van der Waals surface area contributed by atoms with Crippen LogP contribution in [0.2, 0.25) is 0 Å². The van der Waals surface area contributed by atoms with Crippen LogP contribution in [0.5, 0.6) is 0 Å². The number of benzene rings is 3. The highest BCUT2D eigenvalue weighted by atomic mass is 32.2. The molecule has 2 aliphatic heterocycles. The smallest absolute Gasteiger partial charge is 0.441 e. The van der Waals surface area contributed by atoms with Gasteiger partial charge in [-0.2, -0.15) is 13.2 Å². The Labute approximate surface area is 253 Å². The average Bonchev–Trinajstić information content (AvgIpc) is 3.59. The van der Waals surface area contributed by atoms with E-state index in [2.05, 4.69) is 11.2 Å². The molecule has 4 aromatic rings. The van der Waals surface area contributed by atoms with Gasteiger partial charge in [-0.3, -0.25) is 9.11 Å². The summed E-state index contributed by atoms with van der Waals surface area (Å²) in [7, 11) is 2.11. The van der Waals surface area contributed by atoms with Crippen molar-refractivity contribution in [3.8, 4) is 11.1 Å². The molecule has 3 heterocycles. The number of rotatable bonds is 5. The molecule has 0 aliphatic carbocycles. The number of alkyl halides is 3. The van der Waals surface area contributed by atoms with Crippen molar-refractivity contribution < 1.29 is 31.3 Å². The molecule has 1 atom stereocenters. The summed E-state index contributed by atoms with van der Waals surface area (Å²) >= 11 is 0. The van der Waals surface area contributed by atoms with Gasteiger partial charge in [0.05, 0.1) is 6.54 Å². The van der Waals surface area contributed by atoms with Gasteiger partial charge in [0, 0.05) is 83.4 Å². The van der Waals surface area contributed by atoms with E-state index in [1.54, 1.807) is 17.0 Å². The summed E-state index contributed by atoms with van der Waals surface area (Å²) in [4.78, 5) is 16.8. The quantitative estimate of drug-likeness (QED) is 0.267. The number of halogens is 4. The number of hydrogen-bond donors (Lipinski definition) is 0. The summed E-state index contributed by atoms with van der Waals surface area (Å²) in [5, 5.41) is 5.51. The van der Waals surface area contributed by atoms with Gasteiger partial charge in [0.2, 0.25) is 5.90 Å². The molecule has 8 nitrogen and oxygen atoms in total. The molecule has 3 aromatic carbocycles. The second-order valence-electron chi connectivity index (χ2n) is 10.7. The summed E-state index contributed by atoms with van der Waals surface area (Å²) in [6.45, 7) is 0.478. The van der Waals surface area contributed by atoms with Crippen LogP contribution in [0.15, 0.2) is 78.0 Å². The fourth-order valence-corrected chi connectivity index (χ4v) is 6.40. The first-order valence-electron chi connectivity index (χ1n) is 13.9. The minimum atomic E-state index is -4.68. The van der Waals surface area contributed by atoms with E-state index in [-0.39, 0.29) is 29.6 Å². The first kappa shape index (κ1) is 29.7. The van der Waals surface area contributed by atoms with Crippen molar-refractivity contribution in [3.05, 3.63) is 89.9 Å². The minimum Gasteiger partial charge on any atom is -0.441 e. The second-order valence-corrected chi connectivity index (χ2v) is 12.4. The Bertz CT molecular complexity index is 1760. The van der Waals surface area contributed by atoms with Crippen molar-refractivity contribution in [1.82, 2.24) is 14.5 Å². The molecular weight excluding hydrogens is 598 g/mol. The van der Waals surface area contributed by atoms with Crippen LogP contribution in [0.4, 0.5) is 28.0 Å². The molecule has 0 bridgehead atoms. The van der Waals surface area contributed by atoms with Gasteiger partial charge >= 0.3 is 12.2 Å². The van der Waals surface area contributed by atoms with Crippen LogP contribution in [0.25, 0.3) is 22.0 Å². The largest absolute Gasteiger partial charge is 0.447 e. The zero-order chi connectivity index (χ0) is 31.2. The average molecular weight is 628 g/mol. The van der Waals surface area contributed by atoms with Crippen LogP contribution in [0, 0.1) is 5.82 Å². The molecule has 0 spiro atoms. The van der Waals surface area contributed by atoms with E-state index < -0.39 is 29.0 Å². The SMILES string of the molecule is CN1N=C(c2ccc(CN(C(=O)N3CCS(=O)CC3)c3ccc(-c4ccc5c(ccn5C)c4)cc3)c(F)c2)OC1C(F)(F)F. The highest BCUT2D eigenvalue weighted by Crippen LogP contribution is 2.31. The number of hydrogen-bond acceptors (Lipinski definition) is 5. The molecule has 6 rings (SSSR count). The number of nitrogens with zero attached hydrogens (tertiary/aromatic N) is 5. The van der Waals surface area contributed by atoms with E-state index in [1.807, 2.05) is 48.1 Å². The van der Waals surface area contributed by atoms with Crippen molar-refractivity contribution in [2.45, 2.75) is 18.9 Å². The third-order valence-corrected chi connectivity index (χ3v) is 9.07. The molecule has 0 N–H and O–H groups in total. The van der Waals surface area contributed by atoms with Gasteiger partial charge in [-0.05, 0) is 53.6 Å². The third kappa shape index (κ3) is 5.88. The first-order chi connectivity index (χ1) is 21.0. The van der Waals surface area contributed by atoms with Crippen LogP contribution < -0.4 is 4.90 Å². The topological polar surface area (TPSA) is 70.4 Å². The summed E-state index contributed by atoms with van der Waals surface area (Å²) in [6.07, 6.45) is -4.94. The Morgan fingerprint density at radius 2 is 1.66 bits per heavy atom. The summed E-state index contributed by atoms with van der Waals surface area (Å²) in [6, 6.07) is 19.1. The van der Waals surface area contributed by atoms with Gasteiger partial charge in [0.25, 0.3) is 6.23 Å². The Morgan fingerprint density at radius 1 is 0.977 bits per heavy atom. The summed E-state index contributed by atoms with van der Waals surface area (Å²) in [5.41, 5.74) is 3.78. The molecule has 0 saturated carbocycles. The normalized spacial score (nSPS) is 17.6. The van der Waals surface area contributed by atoms with E-state index in [4.69, 9.17) is 4.74 Å². The monoisotopic (exact) mass is 627 g/mol. The van der Waals surface area contributed by atoms with Gasteiger partial charge in [-0.25, -0.2) is 14.2 Å². The van der Waals surface area contributed by atoms with Crippen LogP contribution in [0.1, 0.15) is 11.1 Å². The number of carbonyl (C=O) groups is 1. The number of amides is 2. The number of aromatic nitrogens is 1. The maximum atomic E-state index is 15.4. The predicted octanol–water partition coefficient (Wildman–Crippen LogP) is 5.69. The molecule has 230 valence electrons. The first-order valence-corrected chi connectivity index (χ1v) is 15.4. The van der Waals surface area contributed by atoms with Crippen molar-refractivity contribution in [1.29, 1.82) is 0 Å². The number of anilines is 1. The number of carbonyl (C=O) groups excluding carboxylic acids is 1. The summed E-state index contributed by atoms with van der Waals surface area (Å²) < 4.78 is 74.0. The van der Waals surface area contributed by atoms with Gasteiger partial charge < -0.3 is 14.2 Å². The van der Waals surface area contributed by atoms with Crippen LogP contribution >= 0.6 is 0 Å². The van der Waals surface area contributed by atoms with Crippen LogP contribution in [0.3, 0.4) is 0 Å². The minimum absolute atomic E-state index is 0.0426. The maximum absolute atomic E-state index is 15.4. The van der Waals surface area contributed by atoms with Crippen molar-refractivity contribution in [2.75, 3.05) is 36.5 Å². The molecular formula is C31H29F4N5O3S. The van der Waals surface area contributed by atoms with Crippen molar-refractivity contribution in [3.63, 3.8) is 0 Å². The standard InChI is InChI=1S/C31H29F4N5O3S/c1-37-12-11-22-17-21(7-10-27(22)37)20-5-8-25(9-6-20)40(30(41)39-13-15-44(42)16-14-39)19-24-4-3-23(18-26(24)32)28-36-38(2)29(43-28)31(33,34)35/h3-12,17-18,29H,13-16,19H2,1-2H3. The molecule has 2 amide bonds. The molecule has 0 radical (unpaired) electrons. The van der Waals surface area contributed by atoms with Crippen LogP contribution in [-0.4, -0.2) is 74.7 Å². The van der Waals surface area contributed by atoms with Crippen LogP contribution in [-0.2, 0) is 29.1 Å². The molecule has 44 heavy (non-hydrogen) atoms. The zero-order valence-electron chi connectivity index (χ0n) is 23.9. The van der Waals surface area contributed by atoms with E-state index >= 15 is 4.39 Å². The number of hydrazone groups is 1. The van der Waals surface area contributed by atoms with Gasteiger partial charge in [0.15, 0.2) is 0 Å². The van der Waals surface area contributed by atoms with E-state index in [1.165, 1.54) is 17.0 Å². The zero-order valence-corrected chi connectivity index (χ0v) is 24.7. The second kappa shape index (κ2) is 11.6. The van der Waals surface area contributed by atoms with Crippen molar-refractivity contribution in [2.24, 2.45) is 12.1 Å². The lowest BCUT2D eigenvalue weighted by molar-refractivity contribution is -0.230. The van der Waals surface area contributed by atoms with E-state index in [9.17, 15) is 22.2 Å². The van der Waals surface area contributed by atoms with Gasteiger partial charge in [-0.1, -0.05) is 24.3 Å². The molecule has 2 aliphatic rings. The lowest BCUT2D eigenvalue weighted by Gasteiger charge is -2.33. The van der Waals surface area contributed by atoms with Crippen molar-refractivity contribution >= 4 is 39.3 Å². The Kier molecular flexibility index (Phi) is 7.82. The fraction of sp³-hybridized carbons (Fsp3) is 0.290. The summed E-state index contributed by atoms with van der Waals surface area (Å²) in [5.74, 6) is -0.353. The number of ether oxygens (including phenoxy) is 1. The number of aryl methyl sites for hydroxylation is 1. The molecule has 1 unspecified atom stereocenters. The predicted molar refractivity (Wildman–Crippen MR) is 161 cm³/mol. The van der Waals surface area contributed by atoms with E-state index in [0.717, 1.165) is 35.1 Å². The van der Waals surface area contributed by atoms with E-state index in [0.29, 0.717) is 35.3 Å². The number of fused-ring (bicyclic) bond motifs is 1. The lowest BCUT2D eigenvalue weighted by atomic mass is 10.0. The Morgan fingerprint density at radius 3 is 2.32 bits per heavy atom. The fourth-order valence-electron chi connectivity index (χ4n) is 5.35. The molecule has 13 heteroatoms. The highest BCUT2D eigenvalue weighted by molar-refractivity contribution is 7.85. The molecule has 1 fully saturated rings. The Hall–Kier alpha value is -4.39. The molecule has 1 saturated heterocycles. The Balaban J connectivity index is 1.27. The van der Waals surface area contributed by atoms with Gasteiger partial charge in [-0.15, -0.1) is 5.10 Å². The molecule has 1 aromatic heterocycles. The number of urea groups is 1. The lowest BCUT2D eigenvalue weighted by Crippen LogP contribution is -2.48.